The van der Waals surface area contributed by atoms with E-state index < -0.39 is 5.60 Å². The van der Waals surface area contributed by atoms with Crippen LogP contribution in [0.1, 0.15) is 18.9 Å². The molecule has 1 saturated heterocycles. The molecule has 0 spiro atoms. The van der Waals surface area contributed by atoms with Gasteiger partial charge in [0.2, 0.25) is 0 Å². The van der Waals surface area contributed by atoms with E-state index in [1.807, 2.05) is 19.2 Å². The minimum Gasteiger partial charge on any atom is -0.388 e. The Morgan fingerprint density at radius 2 is 2.44 bits per heavy atom. The summed E-state index contributed by atoms with van der Waals surface area (Å²) in [7, 11) is 2.05. The smallest absolute Gasteiger partial charge is 0.123 e. The number of rotatable bonds is 2. The van der Waals surface area contributed by atoms with Crippen LogP contribution < -0.4 is 5.73 Å². The maximum Gasteiger partial charge on any atom is 0.123 e. The van der Waals surface area contributed by atoms with Crippen LogP contribution in [-0.2, 0) is 6.42 Å². The summed E-state index contributed by atoms with van der Waals surface area (Å²) in [5, 5.41) is 10.5. The summed E-state index contributed by atoms with van der Waals surface area (Å²) in [5.41, 5.74) is 6.06. The van der Waals surface area contributed by atoms with Gasteiger partial charge in [-0.2, -0.15) is 0 Å². The molecule has 1 aliphatic rings. The fraction of sp³-hybridized carbons (Fsp3) is 0.583. The number of anilines is 1. The Bertz CT molecular complexity index is 370. The van der Waals surface area contributed by atoms with Gasteiger partial charge in [-0.15, -0.1) is 0 Å². The number of nitrogen functional groups attached to an aromatic ring is 1. The quantitative estimate of drug-likeness (QED) is 0.770. The molecule has 4 nitrogen and oxygen atoms in total. The van der Waals surface area contributed by atoms with Crippen molar-refractivity contribution in [3.05, 3.63) is 23.9 Å². The number of hydrogen-bond acceptors (Lipinski definition) is 4. The summed E-state index contributed by atoms with van der Waals surface area (Å²) >= 11 is 0. The Morgan fingerprint density at radius 1 is 1.69 bits per heavy atom. The maximum atomic E-state index is 10.5. The van der Waals surface area contributed by atoms with Crippen LogP contribution in [0.15, 0.2) is 18.3 Å². The summed E-state index contributed by atoms with van der Waals surface area (Å²) in [6.07, 6.45) is 3.15. The fourth-order valence-corrected chi connectivity index (χ4v) is 2.50. The second-order valence-corrected chi connectivity index (χ2v) is 4.96. The molecule has 2 atom stereocenters. The van der Waals surface area contributed by atoms with E-state index in [-0.39, 0.29) is 0 Å². The van der Waals surface area contributed by atoms with Crippen molar-refractivity contribution < 1.29 is 5.11 Å². The predicted octanol–water partition coefficient (Wildman–Crippen LogP) is 0.661. The molecule has 0 aliphatic carbocycles. The number of nitrogens with zero attached hydrogens (tertiary/aromatic N) is 2. The van der Waals surface area contributed by atoms with Crippen LogP contribution in [0, 0.1) is 0 Å². The lowest BCUT2D eigenvalue weighted by Gasteiger charge is -2.22. The first kappa shape index (κ1) is 11.4. The normalized spacial score (nSPS) is 30.8. The number of pyridine rings is 1. The zero-order valence-corrected chi connectivity index (χ0v) is 9.85. The van der Waals surface area contributed by atoms with Crippen molar-refractivity contribution in [1.82, 2.24) is 9.88 Å². The van der Waals surface area contributed by atoms with Crippen molar-refractivity contribution in [2.45, 2.75) is 31.4 Å². The summed E-state index contributed by atoms with van der Waals surface area (Å²) in [5.74, 6) is 0.514. The zero-order chi connectivity index (χ0) is 11.8. The van der Waals surface area contributed by atoms with Gasteiger partial charge in [-0.25, -0.2) is 4.98 Å². The molecular weight excluding hydrogens is 202 g/mol. The van der Waals surface area contributed by atoms with Crippen molar-refractivity contribution in [3.8, 4) is 0 Å². The van der Waals surface area contributed by atoms with E-state index in [9.17, 15) is 5.11 Å². The SMILES string of the molecule is CC1CC(O)(Cc2ccnc(N)c2)CN1C. The molecule has 2 unspecified atom stereocenters. The van der Waals surface area contributed by atoms with Gasteiger partial charge in [0, 0.05) is 25.2 Å². The van der Waals surface area contributed by atoms with Crippen LogP contribution >= 0.6 is 0 Å². The predicted molar refractivity (Wildman–Crippen MR) is 64.0 cm³/mol. The van der Waals surface area contributed by atoms with Crippen LogP contribution in [0.5, 0.6) is 0 Å². The number of likely N-dealkylation sites (tertiary alicyclic amines) is 1. The van der Waals surface area contributed by atoms with E-state index in [1.165, 1.54) is 0 Å². The molecule has 88 valence electrons. The topological polar surface area (TPSA) is 62.4 Å². The van der Waals surface area contributed by atoms with E-state index in [0.717, 1.165) is 18.5 Å². The van der Waals surface area contributed by atoms with Crippen LogP contribution in [0.3, 0.4) is 0 Å². The molecule has 0 bridgehead atoms. The van der Waals surface area contributed by atoms with Crippen LogP contribution in [0.4, 0.5) is 5.82 Å². The average Bonchev–Trinajstić information content (AvgIpc) is 2.40. The molecule has 16 heavy (non-hydrogen) atoms. The first-order valence-corrected chi connectivity index (χ1v) is 5.61. The lowest BCUT2D eigenvalue weighted by Crippen LogP contribution is -2.34. The molecular formula is C12H19N3O. The van der Waals surface area contributed by atoms with Crippen molar-refractivity contribution in [2.75, 3.05) is 19.3 Å². The van der Waals surface area contributed by atoms with Crippen LogP contribution in [0.25, 0.3) is 0 Å². The van der Waals surface area contributed by atoms with Crippen molar-refractivity contribution >= 4 is 5.82 Å². The van der Waals surface area contributed by atoms with E-state index in [0.29, 0.717) is 18.3 Å². The zero-order valence-electron chi connectivity index (χ0n) is 9.85. The molecule has 1 aromatic rings. The standard InChI is InChI=1S/C12H19N3O/c1-9-6-12(16,8-15(9)2)7-10-3-4-14-11(13)5-10/h3-5,9,16H,6-8H2,1-2H3,(H2,13,14). The van der Waals surface area contributed by atoms with Gasteiger partial charge in [-0.3, -0.25) is 0 Å². The van der Waals surface area contributed by atoms with Crippen LogP contribution in [0.2, 0.25) is 0 Å². The van der Waals surface area contributed by atoms with Gasteiger partial charge in [0.25, 0.3) is 0 Å². The first-order chi connectivity index (χ1) is 7.48. The van der Waals surface area contributed by atoms with E-state index in [4.69, 9.17) is 5.73 Å². The minimum absolute atomic E-state index is 0.434. The highest BCUT2D eigenvalue weighted by molar-refractivity contribution is 5.32. The number of aliphatic hydroxyl groups is 1. The van der Waals surface area contributed by atoms with E-state index in [2.05, 4.69) is 16.8 Å². The Labute approximate surface area is 96.1 Å². The number of aromatic nitrogens is 1. The largest absolute Gasteiger partial charge is 0.388 e. The lowest BCUT2D eigenvalue weighted by molar-refractivity contribution is 0.0521. The van der Waals surface area contributed by atoms with Gasteiger partial charge < -0.3 is 15.7 Å². The molecule has 2 heterocycles. The van der Waals surface area contributed by atoms with Gasteiger partial charge in [-0.1, -0.05) is 0 Å². The molecule has 1 aliphatic heterocycles. The molecule has 3 N–H and O–H groups in total. The van der Waals surface area contributed by atoms with Crippen LogP contribution in [-0.4, -0.2) is 40.2 Å². The van der Waals surface area contributed by atoms with Crippen molar-refractivity contribution in [2.24, 2.45) is 0 Å². The average molecular weight is 221 g/mol. The summed E-state index contributed by atoms with van der Waals surface area (Å²) < 4.78 is 0. The number of likely N-dealkylation sites (N-methyl/N-ethyl adjacent to an activating group) is 1. The molecule has 0 amide bonds. The number of β-amino-alcohol motifs (C(OH)–C–C–N with tert-alkyl or cyclic N) is 1. The Balaban J connectivity index is 2.10. The first-order valence-electron chi connectivity index (χ1n) is 5.61. The fourth-order valence-electron chi connectivity index (χ4n) is 2.50. The molecule has 0 aromatic carbocycles. The minimum atomic E-state index is -0.623. The highest BCUT2D eigenvalue weighted by atomic mass is 16.3. The Kier molecular flexibility index (Phi) is 2.86. The molecule has 0 saturated carbocycles. The van der Waals surface area contributed by atoms with Gasteiger partial charge in [-0.05, 0) is 38.1 Å². The summed E-state index contributed by atoms with van der Waals surface area (Å²) in [4.78, 5) is 6.14. The highest BCUT2D eigenvalue weighted by Crippen LogP contribution is 2.29. The van der Waals surface area contributed by atoms with E-state index >= 15 is 0 Å². The number of nitrogens with two attached hydrogens (primary N) is 1. The van der Waals surface area contributed by atoms with Gasteiger partial charge >= 0.3 is 0 Å². The molecule has 2 rings (SSSR count). The van der Waals surface area contributed by atoms with Gasteiger partial charge in [0.1, 0.15) is 5.82 Å². The number of hydrogen-bond donors (Lipinski definition) is 2. The molecule has 1 fully saturated rings. The summed E-state index contributed by atoms with van der Waals surface area (Å²) in [6, 6.07) is 4.18. The third kappa shape index (κ3) is 2.33. The van der Waals surface area contributed by atoms with Crippen molar-refractivity contribution in [1.29, 1.82) is 0 Å². The van der Waals surface area contributed by atoms with E-state index in [1.54, 1.807) is 6.20 Å². The Morgan fingerprint density at radius 3 is 3.00 bits per heavy atom. The Hall–Kier alpha value is -1.13. The van der Waals surface area contributed by atoms with Crippen molar-refractivity contribution in [3.63, 3.8) is 0 Å². The second-order valence-electron chi connectivity index (χ2n) is 4.96. The summed E-state index contributed by atoms with van der Waals surface area (Å²) in [6.45, 7) is 2.86. The molecule has 1 aromatic heterocycles. The molecule has 4 heteroatoms. The van der Waals surface area contributed by atoms with Gasteiger partial charge in [0.15, 0.2) is 0 Å². The monoisotopic (exact) mass is 221 g/mol. The molecule has 0 radical (unpaired) electrons. The third-order valence-corrected chi connectivity index (χ3v) is 3.35. The third-order valence-electron chi connectivity index (χ3n) is 3.35. The second kappa shape index (κ2) is 4.03. The maximum absolute atomic E-state index is 10.5. The highest BCUT2D eigenvalue weighted by Gasteiger charge is 2.38. The lowest BCUT2D eigenvalue weighted by atomic mass is 9.92. The van der Waals surface area contributed by atoms with Gasteiger partial charge in [0.05, 0.1) is 5.60 Å².